The van der Waals surface area contributed by atoms with Gasteiger partial charge in [0, 0.05) is 36.6 Å². The smallest absolute Gasteiger partial charge is 0.161 e. The minimum absolute atomic E-state index is 0.333. The molecule has 1 unspecified atom stereocenters. The van der Waals surface area contributed by atoms with Crippen molar-refractivity contribution in [3.63, 3.8) is 0 Å². The third-order valence-electron chi connectivity index (χ3n) is 6.06. The fraction of sp³-hybridized carbons (Fsp3) is 0.348. The molecule has 0 aliphatic carbocycles. The number of hydrogen-bond acceptors (Lipinski definition) is 5. The minimum atomic E-state index is 0.333. The molecule has 0 spiro atoms. The van der Waals surface area contributed by atoms with Gasteiger partial charge in [-0.25, -0.2) is 0 Å². The molecule has 0 fully saturated rings. The maximum atomic E-state index is 5.56. The number of benzene rings is 2. The second kappa shape index (κ2) is 6.67. The van der Waals surface area contributed by atoms with Crippen molar-refractivity contribution in [3.8, 4) is 17.2 Å². The van der Waals surface area contributed by atoms with Crippen LogP contribution in [0.25, 0.3) is 10.9 Å². The Morgan fingerprint density at radius 3 is 2.54 bits per heavy atom. The summed E-state index contributed by atoms with van der Waals surface area (Å²) in [4.78, 5) is 7.55. The molecule has 3 aromatic rings. The van der Waals surface area contributed by atoms with Crippen molar-refractivity contribution in [1.29, 1.82) is 0 Å². The SMILES string of the molecule is COc1ccc2nc3c(cc2c1)CN1CCc2cc(OC)c(OC)cc2C1C3. The van der Waals surface area contributed by atoms with Gasteiger partial charge in [0.25, 0.3) is 0 Å². The first kappa shape index (κ1) is 17.3. The van der Waals surface area contributed by atoms with Crippen molar-refractivity contribution < 1.29 is 14.2 Å². The lowest BCUT2D eigenvalue weighted by atomic mass is 9.85. The van der Waals surface area contributed by atoms with Crippen molar-refractivity contribution in [1.82, 2.24) is 9.88 Å². The quantitative estimate of drug-likeness (QED) is 0.693. The van der Waals surface area contributed by atoms with E-state index in [1.54, 1.807) is 21.3 Å². The van der Waals surface area contributed by atoms with Gasteiger partial charge < -0.3 is 14.2 Å². The highest BCUT2D eigenvalue weighted by Crippen LogP contribution is 2.42. The summed E-state index contributed by atoms with van der Waals surface area (Å²) in [5, 5.41) is 1.14. The van der Waals surface area contributed by atoms with Gasteiger partial charge in [0.05, 0.1) is 26.8 Å². The first-order valence-electron chi connectivity index (χ1n) is 9.65. The van der Waals surface area contributed by atoms with Crippen molar-refractivity contribution in [2.75, 3.05) is 27.9 Å². The highest BCUT2D eigenvalue weighted by molar-refractivity contribution is 5.81. The summed E-state index contributed by atoms with van der Waals surface area (Å²) < 4.78 is 16.4. The van der Waals surface area contributed by atoms with E-state index in [2.05, 4.69) is 29.2 Å². The number of fused-ring (bicyclic) bond motifs is 5. The van der Waals surface area contributed by atoms with E-state index in [4.69, 9.17) is 19.2 Å². The monoisotopic (exact) mass is 376 g/mol. The van der Waals surface area contributed by atoms with Gasteiger partial charge in [-0.05, 0) is 59.5 Å². The maximum absolute atomic E-state index is 5.56. The third-order valence-corrected chi connectivity index (χ3v) is 6.06. The zero-order valence-corrected chi connectivity index (χ0v) is 16.5. The molecule has 1 aromatic heterocycles. The van der Waals surface area contributed by atoms with Crippen LogP contribution in [0.5, 0.6) is 17.2 Å². The topological polar surface area (TPSA) is 43.8 Å². The Morgan fingerprint density at radius 2 is 1.75 bits per heavy atom. The van der Waals surface area contributed by atoms with Crippen LogP contribution < -0.4 is 14.2 Å². The van der Waals surface area contributed by atoms with Gasteiger partial charge in [-0.3, -0.25) is 9.88 Å². The van der Waals surface area contributed by atoms with Crippen LogP contribution in [0.2, 0.25) is 0 Å². The van der Waals surface area contributed by atoms with E-state index >= 15 is 0 Å². The van der Waals surface area contributed by atoms with Crippen LogP contribution in [0, 0.1) is 0 Å². The predicted molar refractivity (Wildman–Crippen MR) is 108 cm³/mol. The Balaban J connectivity index is 1.57. The van der Waals surface area contributed by atoms with Crippen LogP contribution in [-0.2, 0) is 19.4 Å². The van der Waals surface area contributed by atoms with Crippen molar-refractivity contribution in [2.45, 2.75) is 25.4 Å². The van der Waals surface area contributed by atoms with Crippen molar-refractivity contribution in [3.05, 3.63) is 58.8 Å². The lowest BCUT2D eigenvalue weighted by Gasteiger charge is -2.41. The third kappa shape index (κ3) is 2.69. The Morgan fingerprint density at radius 1 is 0.929 bits per heavy atom. The first-order chi connectivity index (χ1) is 13.7. The standard InChI is InChI=1S/C23H24N2O3/c1-26-17-4-5-19-15(9-17)8-16-13-25-7-6-14-10-22(27-2)23(28-3)11-18(14)21(25)12-20(16)24-19/h4-5,8-11,21H,6-7,12-13H2,1-3H3. The molecule has 0 N–H and O–H groups in total. The molecule has 0 saturated carbocycles. The lowest BCUT2D eigenvalue weighted by Crippen LogP contribution is -2.39. The molecule has 144 valence electrons. The van der Waals surface area contributed by atoms with Crippen LogP contribution in [-0.4, -0.2) is 37.8 Å². The van der Waals surface area contributed by atoms with E-state index in [9.17, 15) is 0 Å². The molecule has 0 radical (unpaired) electrons. The number of hydrogen-bond donors (Lipinski definition) is 0. The highest BCUT2D eigenvalue weighted by Gasteiger charge is 2.33. The number of methoxy groups -OCH3 is 3. The van der Waals surface area contributed by atoms with E-state index in [1.807, 2.05) is 12.1 Å². The number of pyridine rings is 1. The fourth-order valence-electron chi connectivity index (χ4n) is 4.59. The van der Waals surface area contributed by atoms with E-state index in [0.717, 1.165) is 54.1 Å². The van der Waals surface area contributed by atoms with E-state index < -0.39 is 0 Å². The summed E-state index contributed by atoms with van der Waals surface area (Å²) in [6, 6.07) is 13.0. The van der Waals surface area contributed by atoms with Gasteiger partial charge in [-0.15, -0.1) is 0 Å². The molecule has 2 aliphatic heterocycles. The molecule has 5 rings (SSSR count). The van der Waals surface area contributed by atoms with E-state index in [-0.39, 0.29) is 0 Å². The lowest BCUT2D eigenvalue weighted by molar-refractivity contribution is 0.158. The average Bonchev–Trinajstić information content (AvgIpc) is 2.74. The molecule has 5 heteroatoms. The molecule has 28 heavy (non-hydrogen) atoms. The summed E-state index contributed by atoms with van der Waals surface area (Å²) in [6.07, 6.45) is 1.94. The van der Waals surface area contributed by atoms with Gasteiger partial charge in [-0.2, -0.15) is 0 Å². The summed E-state index contributed by atoms with van der Waals surface area (Å²) in [5.41, 5.74) is 6.23. The molecule has 3 heterocycles. The summed E-state index contributed by atoms with van der Waals surface area (Å²) in [5.74, 6) is 2.48. The van der Waals surface area contributed by atoms with Crippen molar-refractivity contribution >= 4 is 10.9 Å². The van der Waals surface area contributed by atoms with Gasteiger partial charge in [0.2, 0.25) is 0 Å². The van der Waals surface area contributed by atoms with Crippen molar-refractivity contribution in [2.24, 2.45) is 0 Å². The minimum Gasteiger partial charge on any atom is -0.497 e. The molecule has 0 saturated heterocycles. The molecule has 2 aromatic carbocycles. The number of rotatable bonds is 3. The maximum Gasteiger partial charge on any atom is 0.161 e. The summed E-state index contributed by atoms with van der Waals surface area (Å²) in [7, 11) is 5.09. The van der Waals surface area contributed by atoms with Gasteiger partial charge in [0.1, 0.15) is 5.75 Å². The second-order valence-corrected chi connectivity index (χ2v) is 7.50. The largest absolute Gasteiger partial charge is 0.497 e. The zero-order chi connectivity index (χ0) is 19.3. The Hall–Kier alpha value is -2.79. The molecule has 0 bridgehead atoms. The molecular weight excluding hydrogens is 352 g/mol. The van der Waals surface area contributed by atoms with Crippen LogP contribution in [0.4, 0.5) is 0 Å². The van der Waals surface area contributed by atoms with Gasteiger partial charge in [0.15, 0.2) is 11.5 Å². The van der Waals surface area contributed by atoms with E-state index in [1.165, 1.54) is 22.4 Å². The number of aromatic nitrogens is 1. The highest BCUT2D eigenvalue weighted by atomic mass is 16.5. The Bertz CT molecular complexity index is 1060. The first-order valence-corrected chi connectivity index (χ1v) is 9.65. The second-order valence-electron chi connectivity index (χ2n) is 7.50. The predicted octanol–water partition coefficient (Wildman–Crippen LogP) is 3.92. The number of ether oxygens (including phenoxy) is 3. The van der Waals surface area contributed by atoms with E-state index in [0.29, 0.717) is 6.04 Å². The Labute approximate surface area is 164 Å². The normalized spacial score (nSPS) is 18.2. The Kier molecular flexibility index (Phi) is 4.13. The van der Waals surface area contributed by atoms with Crippen LogP contribution in [0.1, 0.15) is 28.4 Å². The summed E-state index contributed by atoms with van der Waals surface area (Å²) >= 11 is 0. The molecule has 5 nitrogen and oxygen atoms in total. The average molecular weight is 376 g/mol. The molecule has 0 amide bonds. The zero-order valence-electron chi connectivity index (χ0n) is 16.5. The molecule has 1 atom stereocenters. The number of nitrogens with zero attached hydrogens (tertiary/aromatic N) is 2. The van der Waals surface area contributed by atoms with Gasteiger partial charge in [-0.1, -0.05) is 0 Å². The van der Waals surface area contributed by atoms with Crippen LogP contribution >= 0.6 is 0 Å². The van der Waals surface area contributed by atoms with Crippen LogP contribution in [0.3, 0.4) is 0 Å². The molecular formula is C23H24N2O3. The van der Waals surface area contributed by atoms with Crippen LogP contribution in [0.15, 0.2) is 36.4 Å². The van der Waals surface area contributed by atoms with Gasteiger partial charge >= 0.3 is 0 Å². The summed E-state index contributed by atoms with van der Waals surface area (Å²) in [6.45, 7) is 1.97. The molecule has 2 aliphatic rings. The fourth-order valence-corrected chi connectivity index (χ4v) is 4.59.